The van der Waals surface area contributed by atoms with Crippen LogP contribution in [0.25, 0.3) is 0 Å². The van der Waals surface area contributed by atoms with Crippen LogP contribution in [0.1, 0.15) is 46.1 Å². The summed E-state index contributed by atoms with van der Waals surface area (Å²) in [6, 6.07) is 8.30. The van der Waals surface area contributed by atoms with Crippen molar-refractivity contribution in [3.05, 3.63) is 29.8 Å². The normalized spacial score (nSPS) is 14.4. The Balaban J connectivity index is 2.87. The zero-order chi connectivity index (χ0) is 12.9. The van der Waals surface area contributed by atoms with Gasteiger partial charge in [0.25, 0.3) is 0 Å². The van der Waals surface area contributed by atoms with Crippen LogP contribution in [0.4, 0.5) is 5.69 Å². The summed E-state index contributed by atoms with van der Waals surface area (Å²) < 4.78 is 0. The lowest BCUT2D eigenvalue weighted by molar-refractivity contribution is 0.0470. The fourth-order valence-electron chi connectivity index (χ4n) is 2.25. The average Bonchev–Trinajstić information content (AvgIpc) is 2.31. The molecule has 1 aromatic rings. The van der Waals surface area contributed by atoms with Crippen molar-refractivity contribution in [2.45, 2.75) is 46.1 Å². The number of hydrogen-bond acceptors (Lipinski definition) is 2. The third-order valence-electron chi connectivity index (χ3n) is 3.35. The van der Waals surface area contributed by atoms with Gasteiger partial charge in [0.2, 0.25) is 0 Å². The summed E-state index contributed by atoms with van der Waals surface area (Å²) in [4.78, 5) is 2.30. The van der Waals surface area contributed by atoms with Gasteiger partial charge in [-0.25, -0.2) is 0 Å². The van der Waals surface area contributed by atoms with Crippen molar-refractivity contribution in [2.24, 2.45) is 0 Å². The van der Waals surface area contributed by atoms with Crippen molar-refractivity contribution in [1.82, 2.24) is 0 Å². The van der Waals surface area contributed by atoms with Crippen LogP contribution in [0.15, 0.2) is 24.3 Å². The first kappa shape index (κ1) is 14.0. The first-order chi connectivity index (χ1) is 8.05. The van der Waals surface area contributed by atoms with Gasteiger partial charge in [-0.15, -0.1) is 0 Å². The van der Waals surface area contributed by atoms with Crippen molar-refractivity contribution >= 4 is 5.69 Å². The summed E-state index contributed by atoms with van der Waals surface area (Å²) in [6.45, 7) is 10.3. The van der Waals surface area contributed by atoms with Crippen molar-refractivity contribution in [1.29, 1.82) is 0 Å². The van der Waals surface area contributed by atoms with Gasteiger partial charge in [-0.2, -0.15) is 0 Å². The minimum Gasteiger partial charge on any atom is -0.385 e. The summed E-state index contributed by atoms with van der Waals surface area (Å²) in [6.07, 6.45) is 1.79. The lowest BCUT2D eigenvalue weighted by Gasteiger charge is -2.25. The second-order valence-corrected chi connectivity index (χ2v) is 4.74. The van der Waals surface area contributed by atoms with E-state index in [1.165, 1.54) is 5.69 Å². The SMILES string of the molecule is CCCC(C)(O)c1ccc(N(CC)CC)cc1. The molecule has 17 heavy (non-hydrogen) atoms. The lowest BCUT2D eigenvalue weighted by atomic mass is 9.91. The largest absolute Gasteiger partial charge is 0.385 e. The van der Waals surface area contributed by atoms with Gasteiger partial charge in [-0.05, 0) is 44.9 Å². The molecule has 1 N–H and O–H groups in total. The third kappa shape index (κ3) is 3.47. The Hall–Kier alpha value is -1.02. The molecule has 0 saturated carbocycles. The number of anilines is 1. The van der Waals surface area contributed by atoms with Crippen LogP contribution in [0.3, 0.4) is 0 Å². The molecule has 0 aliphatic heterocycles. The Morgan fingerprint density at radius 2 is 1.59 bits per heavy atom. The molecule has 0 spiro atoms. The van der Waals surface area contributed by atoms with E-state index < -0.39 is 5.60 Å². The second kappa shape index (κ2) is 6.06. The van der Waals surface area contributed by atoms with Crippen LogP contribution in [0.2, 0.25) is 0 Å². The highest BCUT2D eigenvalue weighted by molar-refractivity contribution is 5.48. The van der Waals surface area contributed by atoms with E-state index in [4.69, 9.17) is 0 Å². The third-order valence-corrected chi connectivity index (χ3v) is 3.35. The first-order valence-electron chi connectivity index (χ1n) is 6.63. The summed E-state index contributed by atoms with van der Waals surface area (Å²) >= 11 is 0. The highest BCUT2D eigenvalue weighted by Crippen LogP contribution is 2.27. The zero-order valence-corrected chi connectivity index (χ0v) is 11.5. The van der Waals surface area contributed by atoms with Gasteiger partial charge >= 0.3 is 0 Å². The smallest absolute Gasteiger partial charge is 0.0868 e. The van der Waals surface area contributed by atoms with Crippen molar-refractivity contribution in [2.75, 3.05) is 18.0 Å². The number of nitrogens with zero attached hydrogens (tertiary/aromatic N) is 1. The van der Waals surface area contributed by atoms with Crippen LogP contribution in [-0.2, 0) is 5.60 Å². The van der Waals surface area contributed by atoms with E-state index in [-0.39, 0.29) is 0 Å². The summed E-state index contributed by atoms with van der Waals surface area (Å²) in [5.74, 6) is 0. The fourth-order valence-corrected chi connectivity index (χ4v) is 2.25. The highest BCUT2D eigenvalue weighted by atomic mass is 16.3. The molecule has 2 nitrogen and oxygen atoms in total. The second-order valence-electron chi connectivity index (χ2n) is 4.74. The van der Waals surface area contributed by atoms with Crippen LogP contribution < -0.4 is 4.90 Å². The quantitative estimate of drug-likeness (QED) is 0.815. The van der Waals surface area contributed by atoms with E-state index in [2.05, 4.69) is 37.8 Å². The minimum absolute atomic E-state index is 0.698. The fraction of sp³-hybridized carbons (Fsp3) is 0.600. The molecule has 96 valence electrons. The maximum Gasteiger partial charge on any atom is 0.0868 e. The zero-order valence-electron chi connectivity index (χ0n) is 11.5. The van der Waals surface area contributed by atoms with Gasteiger partial charge < -0.3 is 10.0 Å². The average molecular weight is 235 g/mol. The molecule has 0 aliphatic carbocycles. The van der Waals surface area contributed by atoms with Crippen LogP contribution in [0, 0.1) is 0 Å². The van der Waals surface area contributed by atoms with Crippen molar-refractivity contribution < 1.29 is 5.11 Å². The maximum absolute atomic E-state index is 10.3. The lowest BCUT2D eigenvalue weighted by Crippen LogP contribution is -2.23. The molecule has 0 saturated heterocycles. The maximum atomic E-state index is 10.3. The predicted molar refractivity (Wildman–Crippen MR) is 74.5 cm³/mol. The number of rotatable bonds is 6. The van der Waals surface area contributed by atoms with E-state index in [0.717, 1.165) is 31.5 Å². The Kier molecular flexibility index (Phi) is 5.01. The number of hydrogen-bond donors (Lipinski definition) is 1. The first-order valence-corrected chi connectivity index (χ1v) is 6.63. The van der Waals surface area contributed by atoms with Gasteiger partial charge in [0.05, 0.1) is 5.60 Å². The molecule has 0 bridgehead atoms. The molecule has 2 heteroatoms. The van der Waals surface area contributed by atoms with Crippen LogP contribution in [0.5, 0.6) is 0 Å². The Morgan fingerprint density at radius 1 is 1.06 bits per heavy atom. The standard InChI is InChI=1S/C15H25NO/c1-5-12-15(4,17)13-8-10-14(11-9-13)16(6-2)7-3/h8-11,17H,5-7,12H2,1-4H3. The number of aliphatic hydroxyl groups is 1. The molecule has 1 atom stereocenters. The molecule has 1 rings (SSSR count). The number of benzene rings is 1. The van der Waals surface area contributed by atoms with Gasteiger partial charge in [0.1, 0.15) is 0 Å². The summed E-state index contributed by atoms with van der Waals surface area (Å²) in [5, 5.41) is 10.3. The van der Waals surface area contributed by atoms with E-state index in [0.29, 0.717) is 0 Å². The molecular weight excluding hydrogens is 210 g/mol. The highest BCUT2D eigenvalue weighted by Gasteiger charge is 2.21. The molecule has 0 aliphatic rings. The van der Waals surface area contributed by atoms with Gasteiger partial charge in [0, 0.05) is 18.8 Å². The van der Waals surface area contributed by atoms with E-state index in [1.54, 1.807) is 0 Å². The molecule has 0 fully saturated rings. The van der Waals surface area contributed by atoms with Crippen LogP contribution >= 0.6 is 0 Å². The molecule has 1 aromatic carbocycles. The van der Waals surface area contributed by atoms with Crippen LogP contribution in [-0.4, -0.2) is 18.2 Å². The summed E-state index contributed by atoms with van der Waals surface area (Å²) in [5.41, 5.74) is 1.54. The predicted octanol–water partition coefficient (Wildman–Crippen LogP) is 3.54. The molecule has 0 amide bonds. The van der Waals surface area contributed by atoms with Gasteiger partial charge in [-0.1, -0.05) is 25.5 Å². The molecule has 0 heterocycles. The molecule has 0 aromatic heterocycles. The minimum atomic E-state index is -0.698. The van der Waals surface area contributed by atoms with Gasteiger partial charge in [-0.3, -0.25) is 0 Å². The van der Waals surface area contributed by atoms with Crippen molar-refractivity contribution in [3.8, 4) is 0 Å². The molecule has 0 radical (unpaired) electrons. The molecule has 1 unspecified atom stereocenters. The Bertz CT molecular complexity index is 325. The van der Waals surface area contributed by atoms with E-state index >= 15 is 0 Å². The topological polar surface area (TPSA) is 23.5 Å². The van der Waals surface area contributed by atoms with E-state index in [9.17, 15) is 5.11 Å². The monoisotopic (exact) mass is 235 g/mol. The Morgan fingerprint density at radius 3 is 2.00 bits per heavy atom. The molecular formula is C15H25NO. The van der Waals surface area contributed by atoms with Crippen molar-refractivity contribution in [3.63, 3.8) is 0 Å². The summed E-state index contributed by atoms with van der Waals surface area (Å²) in [7, 11) is 0. The Labute approximate surface area is 105 Å². The van der Waals surface area contributed by atoms with Gasteiger partial charge in [0.15, 0.2) is 0 Å². The van der Waals surface area contributed by atoms with E-state index in [1.807, 2.05) is 19.1 Å².